The van der Waals surface area contributed by atoms with Gasteiger partial charge < -0.3 is 9.64 Å². The molecule has 0 unspecified atom stereocenters. The van der Waals surface area contributed by atoms with Gasteiger partial charge in [0.15, 0.2) is 0 Å². The molecule has 30 heavy (non-hydrogen) atoms. The standard InChI is InChI=1S/C22H21F3N2O2S/c1-3-27(4-2)21(28)18-14-30-20(26-18)16-10-6-8-12-19(16)29-13-15-9-5-7-11-17(15)22(23,24)25/h5-12,14H,3-4,13H2,1-2H3. The summed E-state index contributed by atoms with van der Waals surface area (Å²) >= 11 is 1.29. The number of nitrogens with zero attached hydrogens (tertiary/aromatic N) is 2. The Bertz CT molecular complexity index is 1010. The molecule has 2 aromatic carbocycles. The first kappa shape index (κ1) is 21.8. The van der Waals surface area contributed by atoms with E-state index in [0.717, 1.165) is 6.07 Å². The summed E-state index contributed by atoms with van der Waals surface area (Å²) in [6.45, 7) is 4.73. The van der Waals surface area contributed by atoms with Crippen LogP contribution in [0.1, 0.15) is 35.5 Å². The van der Waals surface area contributed by atoms with Crippen LogP contribution >= 0.6 is 11.3 Å². The fourth-order valence-electron chi connectivity index (χ4n) is 3.02. The second-order valence-corrected chi connectivity index (χ2v) is 7.31. The van der Waals surface area contributed by atoms with Crippen LogP contribution in [0.3, 0.4) is 0 Å². The first-order valence-corrected chi connectivity index (χ1v) is 10.3. The molecule has 3 aromatic rings. The summed E-state index contributed by atoms with van der Waals surface area (Å²) in [5.74, 6) is 0.255. The van der Waals surface area contributed by atoms with Crippen LogP contribution in [0.25, 0.3) is 10.6 Å². The third kappa shape index (κ3) is 4.81. The number of carbonyl (C=O) groups excluding carboxylic acids is 1. The predicted molar refractivity (Wildman–Crippen MR) is 111 cm³/mol. The van der Waals surface area contributed by atoms with Crippen LogP contribution in [0.4, 0.5) is 13.2 Å². The van der Waals surface area contributed by atoms with Gasteiger partial charge in [0.05, 0.1) is 11.1 Å². The minimum absolute atomic E-state index is 0.0522. The maximum atomic E-state index is 13.2. The number of hydrogen-bond donors (Lipinski definition) is 0. The Morgan fingerprint density at radius 2 is 1.73 bits per heavy atom. The number of thiazole rings is 1. The van der Waals surface area contributed by atoms with Crippen LogP contribution in [-0.2, 0) is 12.8 Å². The monoisotopic (exact) mass is 434 g/mol. The van der Waals surface area contributed by atoms with E-state index in [1.807, 2.05) is 13.8 Å². The Kier molecular flexibility index (Phi) is 6.77. The molecule has 0 radical (unpaired) electrons. The topological polar surface area (TPSA) is 42.4 Å². The lowest BCUT2D eigenvalue weighted by molar-refractivity contribution is -0.138. The Morgan fingerprint density at radius 1 is 1.07 bits per heavy atom. The van der Waals surface area contributed by atoms with E-state index in [1.54, 1.807) is 40.6 Å². The molecule has 0 saturated heterocycles. The molecule has 0 bridgehead atoms. The lowest BCUT2D eigenvalue weighted by Gasteiger charge is -2.16. The van der Waals surface area contributed by atoms with Crippen molar-refractivity contribution in [3.8, 4) is 16.3 Å². The number of para-hydroxylation sites is 1. The number of rotatable bonds is 7. The van der Waals surface area contributed by atoms with Gasteiger partial charge in [-0.2, -0.15) is 13.2 Å². The number of aromatic nitrogens is 1. The molecule has 0 fully saturated rings. The highest BCUT2D eigenvalue weighted by atomic mass is 32.1. The number of carbonyl (C=O) groups is 1. The van der Waals surface area contributed by atoms with Crippen molar-refractivity contribution in [2.24, 2.45) is 0 Å². The summed E-state index contributed by atoms with van der Waals surface area (Å²) in [6.07, 6.45) is -4.45. The third-order valence-corrected chi connectivity index (χ3v) is 5.47. The normalized spacial score (nSPS) is 11.4. The zero-order valence-corrected chi connectivity index (χ0v) is 17.4. The summed E-state index contributed by atoms with van der Waals surface area (Å²) in [7, 11) is 0. The van der Waals surface area contributed by atoms with Gasteiger partial charge in [-0.15, -0.1) is 11.3 Å². The van der Waals surface area contributed by atoms with Gasteiger partial charge in [-0.1, -0.05) is 30.3 Å². The van der Waals surface area contributed by atoms with Crippen LogP contribution in [0.2, 0.25) is 0 Å². The summed E-state index contributed by atoms with van der Waals surface area (Å²) in [5.41, 5.74) is 0.307. The average Bonchev–Trinajstić information content (AvgIpc) is 3.23. The molecular formula is C22H21F3N2O2S. The summed E-state index contributed by atoms with van der Waals surface area (Å²) < 4.78 is 45.4. The van der Waals surface area contributed by atoms with Crippen molar-refractivity contribution in [3.63, 3.8) is 0 Å². The highest BCUT2D eigenvalue weighted by molar-refractivity contribution is 7.13. The summed E-state index contributed by atoms with van der Waals surface area (Å²) in [4.78, 5) is 18.6. The number of halogens is 3. The quantitative estimate of drug-likeness (QED) is 0.466. The minimum Gasteiger partial charge on any atom is -0.488 e. The second-order valence-electron chi connectivity index (χ2n) is 6.46. The molecule has 0 aliphatic carbocycles. The van der Waals surface area contributed by atoms with Gasteiger partial charge in [0.25, 0.3) is 5.91 Å². The molecule has 1 aromatic heterocycles. The smallest absolute Gasteiger partial charge is 0.416 e. The van der Waals surface area contributed by atoms with Crippen molar-refractivity contribution in [3.05, 3.63) is 70.7 Å². The average molecular weight is 434 g/mol. The van der Waals surface area contributed by atoms with Crippen LogP contribution in [0.5, 0.6) is 5.75 Å². The molecule has 0 saturated carbocycles. The second kappa shape index (κ2) is 9.30. The lowest BCUT2D eigenvalue weighted by Crippen LogP contribution is -2.30. The SMILES string of the molecule is CCN(CC)C(=O)c1csc(-c2ccccc2OCc2ccccc2C(F)(F)F)n1. The molecule has 158 valence electrons. The van der Waals surface area contributed by atoms with Crippen molar-refractivity contribution in [2.45, 2.75) is 26.6 Å². The molecule has 0 N–H and O–H groups in total. The van der Waals surface area contributed by atoms with E-state index in [2.05, 4.69) is 4.98 Å². The van der Waals surface area contributed by atoms with Gasteiger partial charge in [-0.3, -0.25) is 4.79 Å². The van der Waals surface area contributed by atoms with Crippen molar-refractivity contribution in [2.75, 3.05) is 13.1 Å². The molecule has 0 atom stereocenters. The maximum absolute atomic E-state index is 13.2. The molecule has 0 aliphatic heterocycles. The van der Waals surface area contributed by atoms with Gasteiger partial charge >= 0.3 is 6.18 Å². The molecule has 0 aliphatic rings. The highest BCUT2D eigenvalue weighted by Gasteiger charge is 2.33. The van der Waals surface area contributed by atoms with Crippen LogP contribution in [0.15, 0.2) is 53.9 Å². The molecule has 8 heteroatoms. The molecule has 3 rings (SSSR count). The van der Waals surface area contributed by atoms with E-state index in [1.165, 1.54) is 23.5 Å². The Balaban J connectivity index is 1.84. The van der Waals surface area contributed by atoms with Crippen molar-refractivity contribution < 1.29 is 22.7 Å². The Labute approximate surface area is 176 Å². The van der Waals surface area contributed by atoms with E-state index >= 15 is 0 Å². The lowest BCUT2D eigenvalue weighted by atomic mass is 10.1. The number of hydrogen-bond acceptors (Lipinski definition) is 4. The van der Waals surface area contributed by atoms with E-state index in [0.29, 0.717) is 35.1 Å². The third-order valence-electron chi connectivity index (χ3n) is 4.60. The molecule has 1 heterocycles. The maximum Gasteiger partial charge on any atom is 0.416 e. The predicted octanol–water partition coefficient (Wildman–Crippen LogP) is 5.89. The zero-order valence-electron chi connectivity index (χ0n) is 16.6. The van der Waals surface area contributed by atoms with Gasteiger partial charge in [0, 0.05) is 24.0 Å². The number of alkyl halides is 3. The van der Waals surface area contributed by atoms with E-state index < -0.39 is 11.7 Å². The van der Waals surface area contributed by atoms with Gasteiger partial charge in [-0.05, 0) is 32.0 Å². The number of benzene rings is 2. The minimum atomic E-state index is -4.45. The van der Waals surface area contributed by atoms with Crippen LogP contribution in [-0.4, -0.2) is 28.9 Å². The molecule has 0 spiro atoms. The number of ether oxygens (including phenoxy) is 1. The molecule has 1 amide bonds. The van der Waals surface area contributed by atoms with Crippen LogP contribution in [0, 0.1) is 0 Å². The van der Waals surface area contributed by atoms with Gasteiger partial charge in [-0.25, -0.2) is 4.98 Å². The zero-order chi connectivity index (χ0) is 21.7. The highest BCUT2D eigenvalue weighted by Crippen LogP contribution is 2.35. The van der Waals surface area contributed by atoms with E-state index in [9.17, 15) is 18.0 Å². The fraction of sp³-hybridized carbons (Fsp3) is 0.273. The van der Waals surface area contributed by atoms with Gasteiger partial charge in [0.1, 0.15) is 23.1 Å². The number of amides is 1. The molecule has 4 nitrogen and oxygen atoms in total. The summed E-state index contributed by atoms with van der Waals surface area (Å²) in [6, 6.07) is 12.3. The Morgan fingerprint density at radius 3 is 2.43 bits per heavy atom. The van der Waals surface area contributed by atoms with Crippen molar-refractivity contribution >= 4 is 17.2 Å². The van der Waals surface area contributed by atoms with E-state index in [4.69, 9.17) is 4.74 Å². The van der Waals surface area contributed by atoms with Gasteiger partial charge in [0.2, 0.25) is 0 Å². The van der Waals surface area contributed by atoms with Crippen LogP contribution < -0.4 is 4.74 Å². The first-order valence-electron chi connectivity index (χ1n) is 9.47. The van der Waals surface area contributed by atoms with E-state index in [-0.39, 0.29) is 18.1 Å². The summed E-state index contributed by atoms with van der Waals surface area (Å²) in [5, 5.41) is 2.26. The van der Waals surface area contributed by atoms with Crippen molar-refractivity contribution in [1.82, 2.24) is 9.88 Å². The largest absolute Gasteiger partial charge is 0.488 e. The van der Waals surface area contributed by atoms with Crippen molar-refractivity contribution in [1.29, 1.82) is 0 Å². The Hall–Kier alpha value is -2.87. The molecular weight excluding hydrogens is 413 g/mol. The first-order chi connectivity index (χ1) is 14.3. The fourth-order valence-corrected chi connectivity index (χ4v) is 3.84.